The highest BCUT2D eigenvalue weighted by molar-refractivity contribution is 5.97. The maximum Gasteiger partial charge on any atom is 0.416 e. The molecule has 1 fully saturated rings. The van der Waals surface area contributed by atoms with Gasteiger partial charge in [0, 0.05) is 5.56 Å². The average molecular weight is 539 g/mol. The molecule has 0 saturated heterocycles. The molecule has 0 unspecified atom stereocenters. The monoisotopic (exact) mass is 538 g/mol. The maximum atomic E-state index is 12.9. The summed E-state index contributed by atoms with van der Waals surface area (Å²) in [5.74, 6) is 0.143. The number of hydrogen-bond donors (Lipinski definition) is 2. The topological polar surface area (TPSA) is 81.4 Å². The van der Waals surface area contributed by atoms with Crippen molar-refractivity contribution < 1.29 is 27.5 Å². The number of carbonyl (C=O) groups excluding carboxylic acids is 2. The van der Waals surface area contributed by atoms with Gasteiger partial charge in [-0.05, 0) is 72.4 Å². The van der Waals surface area contributed by atoms with Crippen LogP contribution in [0.2, 0.25) is 0 Å². The first kappa shape index (κ1) is 28.2. The van der Waals surface area contributed by atoms with Crippen LogP contribution in [0.1, 0.15) is 73.0 Å². The van der Waals surface area contributed by atoms with E-state index in [0.717, 1.165) is 42.5 Å². The van der Waals surface area contributed by atoms with Crippen molar-refractivity contribution in [1.82, 2.24) is 5.32 Å². The van der Waals surface area contributed by atoms with Crippen molar-refractivity contribution in [2.45, 2.75) is 63.8 Å². The summed E-state index contributed by atoms with van der Waals surface area (Å²) in [6.07, 6.45) is 2.23. The number of rotatable bonds is 9. The Morgan fingerprint density at radius 1 is 0.897 bits per heavy atom. The van der Waals surface area contributed by atoms with Crippen LogP contribution < -0.4 is 15.8 Å². The Labute approximate surface area is 226 Å². The van der Waals surface area contributed by atoms with Gasteiger partial charge in [0.15, 0.2) is 0 Å². The van der Waals surface area contributed by atoms with Crippen molar-refractivity contribution in [1.29, 1.82) is 0 Å². The fraction of sp³-hybridized carbons (Fsp3) is 0.355. The summed E-state index contributed by atoms with van der Waals surface area (Å²) >= 11 is 0. The fourth-order valence-electron chi connectivity index (χ4n) is 4.92. The number of hydrogen-bond acceptors (Lipinski definition) is 3. The first-order valence-corrected chi connectivity index (χ1v) is 13.2. The predicted molar refractivity (Wildman–Crippen MR) is 144 cm³/mol. The Hall–Kier alpha value is -3.81. The molecule has 1 aliphatic carbocycles. The van der Waals surface area contributed by atoms with E-state index in [1.54, 1.807) is 24.3 Å². The van der Waals surface area contributed by atoms with Crippen LogP contribution in [-0.2, 0) is 11.0 Å². The largest absolute Gasteiger partial charge is 0.486 e. The fourth-order valence-corrected chi connectivity index (χ4v) is 4.92. The molecule has 2 atom stereocenters. The molecule has 0 aromatic heterocycles. The molecule has 5 nitrogen and oxygen atoms in total. The van der Waals surface area contributed by atoms with Crippen molar-refractivity contribution in [3.05, 3.63) is 89.5 Å². The molecule has 0 radical (unpaired) electrons. The quantitative estimate of drug-likeness (QED) is 0.306. The molecule has 206 valence electrons. The second-order valence-corrected chi connectivity index (χ2v) is 10.2. The van der Waals surface area contributed by atoms with Crippen molar-refractivity contribution in [3.8, 4) is 16.9 Å². The highest BCUT2D eigenvalue weighted by Crippen LogP contribution is 2.36. The summed E-state index contributed by atoms with van der Waals surface area (Å²) in [6.45, 7) is 1.52. The normalized spacial score (nSPS) is 15.8. The van der Waals surface area contributed by atoms with Gasteiger partial charge in [-0.1, -0.05) is 68.5 Å². The first-order chi connectivity index (χ1) is 18.6. The van der Waals surface area contributed by atoms with Gasteiger partial charge in [0.2, 0.25) is 5.91 Å². The molecule has 0 bridgehead atoms. The lowest BCUT2D eigenvalue weighted by atomic mass is 9.84. The predicted octanol–water partition coefficient (Wildman–Crippen LogP) is 7.07. The second-order valence-electron chi connectivity index (χ2n) is 10.2. The summed E-state index contributed by atoms with van der Waals surface area (Å²) in [6, 6.07) is 18.9. The van der Waals surface area contributed by atoms with Gasteiger partial charge in [0.05, 0.1) is 5.56 Å². The van der Waals surface area contributed by atoms with E-state index < -0.39 is 29.6 Å². The zero-order valence-electron chi connectivity index (χ0n) is 21.8. The van der Waals surface area contributed by atoms with Crippen LogP contribution in [0.4, 0.5) is 13.2 Å². The Morgan fingerprint density at radius 2 is 1.46 bits per heavy atom. The van der Waals surface area contributed by atoms with Gasteiger partial charge in [-0.15, -0.1) is 0 Å². The Morgan fingerprint density at radius 3 is 2.00 bits per heavy atom. The Kier molecular flexibility index (Phi) is 8.94. The van der Waals surface area contributed by atoms with Gasteiger partial charge in [-0.25, -0.2) is 0 Å². The summed E-state index contributed by atoms with van der Waals surface area (Å²) in [5, 5.41) is 2.56. The van der Waals surface area contributed by atoms with E-state index in [0.29, 0.717) is 22.8 Å². The van der Waals surface area contributed by atoms with Gasteiger partial charge in [-0.3, -0.25) is 9.59 Å². The van der Waals surface area contributed by atoms with E-state index in [2.05, 4.69) is 5.32 Å². The van der Waals surface area contributed by atoms with Gasteiger partial charge < -0.3 is 15.8 Å². The molecule has 1 aliphatic rings. The zero-order chi connectivity index (χ0) is 28.0. The summed E-state index contributed by atoms with van der Waals surface area (Å²) in [7, 11) is 0. The van der Waals surface area contributed by atoms with Crippen molar-refractivity contribution in [3.63, 3.8) is 0 Å². The minimum atomic E-state index is -4.37. The van der Waals surface area contributed by atoms with Crippen LogP contribution in [0, 0.1) is 5.92 Å². The molecule has 3 aromatic carbocycles. The molecular formula is C31H33F3N2O3. The summed E-state index contributed by atoms with van der Waals surface area (Å²) in [5.41, 5.74) is 7.45. The summed E-state index contributed by atoms with van der Waals surface area (Å²) in [4.78, 5) is 23.6. The smallest absolute Gasteiger partial charge is 0.416 e. The van der Waals surface area contributed by atoms with E-state index in [4.69, 9.17) is 10.5 Å². The molecular weight excluding hydrogens is 505 g/mol. The third-order valence-corrected chi connectivity index (χ3v) is 7.27. The van der Waals surface area contributed by atoms with Crippen LogP contribution in [0.15, 0.2) is 72.8 Å². The minimum Gasteiger partial charge on any atom is -0.486 e. The average Bonchev–Trinajstić information content (AvgIpc) is 2.93. The zero-order valence-corrected chi connectivity index (χ0v) is 21.8. The van der Waals surface area contributed by atoms with Crippen molar-refractivity contribution >= 4 is 11.8 Å². The molecule has 0 spiro atoms. The van der Waals surface area contributed by atoms with Crippen molar-refractivity contribution in [2.75, 3.05) is 0 Å². The number of carbonyl (C=O) groups is 2. The molecule has 3 aromatic rings. The van der Waals surface area contributed by atoms with Crippen LogP contribution in [0.3, 0.4) is 0 Å². The van der Waals surface area contributed by atoms with Gasteiger partial charge in [0.25, 0.3) is 5.91 Å². The van der Waals surface area contributed by atoms with E-state index in [1.807, 2.05) is 24.3 Å². The van der Waals surface area contributed by atoms with Crippen LogP contribution in [0.5, 0.6) is 5.75 Å². The lowest BCUT2D eigenvalue weighted by molar-refractivity contribution is -0.137. The number of amides is 2. The molecule has 3 N–H and O–H groups in total. The molecule has 2 amide bonds. The molecule has 0 heterocycles. The highest BCUT2D eigenvalue weighted by atomic mass is 19.4. The van der Waals surface area contributed by atoms with Gasteiger partial charge in [0.1, 0.15) is 17.9 Å². The molecule has 1 saturated carbocycles. The van der Waals surface area contributed by atoms with Crippen LogP contribution in [-0.4, -0.2) is 17.9 Å². The van der Waals surface area contributed by atoms with E-state index >= 15 is 0 Å². The molecule has 0 aliphatic heterocycles. The Balaban J connectivity index is 1.50. The molecule has 4 rings (SSSR count). The lowest BCUT2D eigenvalue weighted by Crippen LogP contribution is -2.42. The minimum absolute atomic E-state index is 0.218. The van der Waals surface area contributed by atoms with Crippen LogP contribution in [0.25, 0.3) is 11.1 Å². The van der Waals surface area contributed by atoms with E-state index in [1.165, 1.54) is 38.3 Å². The van der Waals surface area contributed by atoms with Gasteiger partial charge >= 0.3 is 6.18 Å². The number of nitrogens with one attached hydrogen (secondary N) is 1. The number of nitrogens with two attached hydrogens (primary N) is 1. The van der Waals surface area contributed by atoms with Crippen molar-refractivity contribution in [2.24, 2.45) is 11.7 Å². The Bertz CT molecular complexity index is 1250. The lowest BCUT2D eigenvalue weighted by Gasteiger charge is -2.27. The number of alkyl halides is 3. The third-order valence-electron chi connectivity index (χ3n) is 7.27. The maximum absolute atomic E-state index is 12.9. The number of ether oxygens (including phenoxy) is 1. The summed E-state index contributed by atoms with van der Waals surface area (Å²) < 4.78 is 45.2. The third kappa shape index (κ3) is 7.62. The SMILES string of the molecule is C[C@@H](NC(=O)c1ccc(O[C@@H](CC2CCCCC2)c2ccc(-c3ccc(C(F)(F)F)cc3)cc2)cc1)C(N)=O. The van der Waals surface area contributed by atoms with E-state index in [9.17, 15) is 22.8 Å². The second kappa shape index (κ2) is 12.4. The number of halogens is 3. The number of primary amides is 1. The highest BCUT2D eigenvalue weighted by Gasteiger charge is 2.30. The molecule has 39 heavy (non-hydrogen) atoms. The number of benzene rings is 3. The molecule has 8 heteroatoms. The van der Waals surface area contributed by atoms with E-state index in [-0.39, 0.29) is 6.10 Å². The van der Waals surface area contributed by atoms with Gasteiger partial charge in [-0.2, -0.15) is 13.2 Å². The standard InChI is InChI=1S/C31H33F3N2O3/c1-20(29(35)37)36-30(38)25-13-17-27(18-14-25)39-28(19-21-5-3-2-4-6-21)24-9-7-22(8-10-24)23-11-15-26(16-12-23)31(32,33)34/h7-18,20-21,28H,2-6,19H2,1H3,(H2,35,37)(H,36,38)/t20-,28+/m1/s1. The van der Waals surface area contributed by atoms with Crippen LogP contribution >= 0.6 is 0 Å². The first-order valence-electron chi connectivity index (χ1n) is 13.2.